The summed E-state index contributed by atoms with van der Waals surface area (Å²) in [4.78, 5) is 0. The molecule has 2 nitrogen and oxygen atoms in total. The molecule has 0 heterocycles. The fourth-order valence-electron chi connectivity index (χ4n) is 1.82. The van der Waals surface area contributed by atoms with Gasteiger partial charge >= 0.3 is 6.18 Å². The van der Waals surface area contributed by atoms with Crippen LogP contribution >= 0.6 is 0 Å². The quantitative estimate of drug-likeness (QED) is 0.857. The van der Waals surface area contributed by atoms with Crippen LogP contribution in [0.1, 0.15) is 25.8 Å². The van der Waals surface area contributed by atoms with Gasteiger partial charge in [-0.25, -0.2) is 0 Å². The summed E-state index contributed by atoms with van der Waals surface area (Å²) in [7, 11) is 1.53. The van der Waals surface area contributed by atoms with E-state index in [1.165, 1.54) is 14.0 Å². The first-order valence-corrected chi connectivity index (χ1v) is 6.27. The van der Waals surface area contributed by atoms with E-state index < -0.39 is 11.7 Å². The van der Waals surface area contributed by atoms with E-state index in [2.05, 4.69) is 5.32 Å². The monoisotopic (exact) mass is 275 g/mol. The summed E-state index contributed by atoms with van der Waals surface area (Å²) in [6, 6.07) is 6.67. The molecule has 0 saturated heterocycles. The Kier molecular flexibility index (Phi) is 5.23. The number of nitrogens with one attached hydrogen (secondary N) is 1. The number of ether oxygens (including phenoxy) is 1. The lowest BCUT2D eigenvalue weighted by atomic mass is 9.92. The van der Waals surface area contributed by atoms with Gasteiger partial charge in [-0.2, -0.15) is 13.2 Å². The van der Waals surface area contributed by atoms with E-state index >= 15 is 0 Å². The van der Waals surface area contributed by atoms with Crippen molar-refractivity contribution in [1.29, 1.82) is 0 Å². The molecule has 0 radical (unpaired) electrons. The van der Waals surface area contributed by atoms with Gasteiger partial charge in [0.05, 0.1) is 7.11 Å². The molecule has 108 valence electrons. The molecule has 1 rings (SSSR count). The maximum Gasteiger partial charge on any atom is 0.406 e. The van der Waals surface area contributed by atoms with Gasteiger partial charge in [-0.3, -0.25) is 0 Å². The molecule has 1 unspecified atom stereocenters. The van der Waals surface area contributed by atoms with Gasteiger partial charge in [0.1, 0.15) is 11.3 Å². The molecule has 0 aliphatic heterocycles. The Labute approximate surface area is 112 Å². The van der Waals surface area contributed by atoms with Crippen LogP contribution in [0.2, 0.25) is 0 Å². The SMILES string of the molecule is CCCNC(C)(Cc1ccc(OC)cc1)C(F)(F)F. The van der Waals surface area contributed by atoms with Crippen LogP contribution in [-0.4, -0.2) is 25.4 Å². The minimum Gasteiger partial charge on any atom is -0.497 e. The molecule has 1 N–H and O–H groups in total. The third-order valence-corrected chi connectivity index (χ3v) is 3.11. The summed E-state index contributed by atoms with van der Waals surface area (Å²) in [6.07, 6.45) is -3.73. The van der Waals surface area contributed by atoms with Crippen molar-refractivity contribution in [3.63, 3.8) is 0 Å². The van der Waals surface area contributed by atoms with Crippen molar-refractivity contribution in [2.75, 3.05) is 13.7 Å². The number of benzene rings is 1. The highest BCUT2D eigenvalue weighted by Crippen LogP contribution is 2.33. The number of hydrogen-bond donors (Lipinski definition) is 1. The predicted octanol–water partition coefficient (Wildman–Crippen LogP) is 3.56. The summed E-state index contributed by atoms with van der Waals surface area (Å²) >= 11 is 0. The standard InChI is InChI=1S/C14H20F3NO/c1-4-9-18-13(2,14(15,16)17)10-11-5-7-12(19-3)8-6-11/h5-8,18H,4,9-10H2,1-3H3. The Morgan fingerprint density at radius 3 is 2.16 bits per heavy atom. The van der Waals surface area contributed by atoms with Gasteiger partial charge in [-0.1, -0.05) is 19.1 Å². The summed E-state index contributed by atoms with van der Waals surface area (Å²) in [5.41, 5.74) is -1.28. The Morgan fingerprint density at radius 1 is 1.16 bits per heavy atom. The molecule has 0 saturated carbocycles. The van der Waals surface area contributed by atoms with Crippen LogP contribution in [0.15, 0.2) is 24.3 Å². The molecule has 0 spiro atoms. The van der Waals surface area contributed by atoms with Crippen molar-refractivity contribution < 1.29 is 17.9 Å². The Balaban J connectivity index is 2.87. The Hall–Kier alpha value is -1.23. The van der Waals surface area contributed by atoms with Crippen molar-refractivity contribution in [2.24, 2.45) is 0 Å². The smallest absolute Gasteiger partial charge is 0.406 e. The normalized spacial score (nSPS) is 15.1. The minimum absolute atomic E-state index is 0.0967. The molecule has 1 aromatic rings. The highest BCUT2D eigenvalue weighted by molar-refractivity contribution is 5.28. The second-order valence-electron chi connectivity index (χ2n) is 4.78. The maximum absolute atomic E-state index is 13.2. The fourth-order valence-corrected chi connectivity index (χ4v) is 1.82. The summed E-state index contributed by atoms with van der Waals surface area (Å²) in [5.74, 6) is 0.638. The van der Waals surface area contributed by atoms with Crippen LogP contribution < -0.4 is 10.1 Å². The third kappa shape index (κ3) is 4.13. The molecule has 5 heteroatoms. The number of alkyl halides is 3. The molecule has 1 aromatic carbocycles. The van der Waals surface area contributed by atoms with Crippen LogP contribution in [-0.2, 0) is 6.42 Å². The average Bonchev–Trinajstić information content (AvgIpc) is 2.36. The second kappa shape index (κ2) is 6.28. The molecule has 0 bridgehead atoms. The van der Waals surface area contributed by atoms with E-state index in [0.29, 0.717) is 24.3 Å². The molecule has 1 atom stereocenters. The number of rotatable bonds is 6. The first-order valence-electron chi connectivity index (χ1n) is 6.27. The van der Waals surface area contributed by atoms with Gasteiger partial charge in [0.15, 0.2) is 0 Å². The number of halogens is 3. The third-order valence-electron chi connectivity index (χ3n) is 3.11. The van der Waals surface area contributed by atoms with Crippen molar-refractivity contribution in [3.8, 4) is 5.75 Å². The zero-order valence-electron chi connectivity index (χ0n) is 11.5. The molecule has 0 aliphatic carbocycles. The van der Waals surface area contributed by atoms with Crippen LogP contribution in [0.4, 0.5) is 13.2 Å². The lowest BCUT2D eigenvalue weighted by Crippen LogP contribution is -2.56. The lowest BCUT2D eigenvalue weighted by Gasteiger charge is -2.33. The summed E-state index contributed by atoms with van der Waals surface area (Å²) < 4.78 is 44.5. The lowest BCUT2D eigenvalue weighted by molar-refractivity contribution is -0.191. The highest BCUT2D eigenvalue weighted by Gasteiger charge is 2.50. The van der Waals surface area contributed by atoms with Crippen molar-refractivity contribution >= 4 is 0 Å². The molecule has 0 amide bonds. The average molecular weight is 275 g/mol. The molecule has 0 fully saturated rings. The van der Waals surface area contributed by atoms with E-state index in [9.17, 15) is 13.2 Å². The minimum atomic E-state index is -4.29. The topological polar surface area (TPSA) is 21.3 Å². The van der Waals surface area contributed by atoms with Gasteiger partial charge < -0.3 is 10.1 Å². The second-order valence-corrected chi connectivity index (χ2v) is 4.78. The van der Waals surface area contributed by atoms with Gasteiger partial charge in [0.2, 0.25) is 0 Å². The van der Waals surface area contributed by atoms with E-state index in [0.717, 1.165) is 0 Å². The zero-order valence-corrected chi connectivity index (χ0v) is 11.5. The fraction of sp³-hybridized carbons (Fsp3) is 0.571. The van der Waals surface area contributed by atoms with Crippen LogP contribution in [0.5, 0.6) is 5.75 Å². The molecular weight excluding hydrogens is 255 g/mol. The summed E-state index contributed by atoms with van der Waals surface area (Å²) in [6.45, 7) is 3.39. The number of hydrogen-bond acceptors (Lipinski definition) is 2. The van der Waals surface area contributed by atoms with E-state index in [1.807, 2.05) is 6.92 Å². The van der Waals surface area contributed by atoms with Crippen LogP contribution in [0, 0.1) is 0 Å². The zero-order chi connectivity index (χ0) is 14.5. The Morgan fingerprint density at radius 2 is 1.74 bits per heavy atom. The highest BCUT2D eigenvalue weighted by atomic mass is 19.4. The molecule has 0 aliphatic rings. The van der Waals surface area contributed by atoms with Crippen molar-refractivity contribution in [1.82, 2.24) is 5.32 Å². The first-order chi connectivity index (χ1) is 8.82. The van der Waals surface area contributed by atoms with E-state index in [-0.39, 0.29) is 6.42 Å². The Bertz CT molecular complexity index is 389. The maximum atomic E-state index is 13.2. The molecular formula is C14H20F3NO. The van der Waals surface area contributed by atoms with Gasteiger partial charge in [-0.05, 0) is 44.0 Å². The number of methoxy groups -OCH3 is 1. The largest absolute Gasteiger partial charge is 0.497 e. The van der Waals surface area contributed by atoms with E-state index in [1.54, 1.807) is 24.3 Å². The van der Waals surface area contributed by atoms with Crippen molar-refractivity contribution in [2.45, 2.75) is 38.4 Å². The van der Waals surface area contributed by atoms with Crippen LogP contribution in [0.3, 0.4) is 0 Å². The van der Waals surface area contributed by atoms with Crippen molar-refractivity contribution in [3.05, 3.63) is 29.8 Å². The summed E-state index contributed by atoms with van der Waals surface area (Å²) in [5, 5.41) is 2.61. The van der Waals surface area contributed by atoms with Gasteiger partial charge in [0.25, 0.3) is 0 Å². The van der Waals surface area contributed by atoms with E-state index in [4.69, 9.17) is 4.74 Å². The molecule has 19 heavy (non-hydrogen) atoms. The first kappa shape index (κ1) is 15.8. The van der Waals surface area contributed by atoms with Crippen LogP contribution in [0.25, 0.3) is 0 Å². The molecule has 0 aromatic heterocycles. The predicted molar refractivity (Wildman–Crippen MR) is 69.5 cm³/mol. The van der Waals surface area contributed by atoms with Gasteiger partial charge in [-0.15, -0.1) is 0 Å². The van der Waals surface area contributed by atoms with Gasteiger partial charge in [0, 0.05) is 0 Å².